The molecule has 0 fully saturated rings. The van der Waals surface area contributed by atoms with Crippen molar-refractivity contribution in [2.45, 2.75) is 6.42 Å². The Kier molecular flexibility index (Phi) is 4.93. The lowest BCUT2D eigenvalue weighted by atomic mass is 10.2. The lowest BCUT2D eigenvalue weighted by molar-refractivity contribution is -0.121. The van der Waals surface area contributed by atoms with E-state index in [2.05, 4.69) is 15.8 Å². The number of halogens is 1. The summed E-state index contributed by atoms with van der Waals surface area (Å²) in [5, 5.41) is 2.78. The van der Waals surface area contributed by atoms with Crippen molar-refractivity contribution in [2.75, 3.05) is 0 Å². The van der Waals surface area contributed by atoms with Crippen LogP contribution in [-0.4, -0.2) is 16.8 Å². The molecule has 0 unspecified atom stereocenters. The number of furan rings is 1. The van der Waals surface area contributed by atoms with Crippen molar-refractivity contribution in [1.82, 2.24) is 15.8 Å². The first-order valence-electron chi connectivity index (χ1n) is 6.95. The number of hydrogen-bond donors (Lipinski definition) is 2. The van der Waals surface area contributed by atoms with Crippen LogP contribution in [0.3, 0.4) is 0 Å². The molecule has 1 aromatic carbocycles. The van der Waals surface area contributed by atoms with E-state index in [4.69, 9.17) is 16.0 Å². The van der Waals surface area contributed by atoms with E-state index in [0.717, 1.165) is 0 Å². The van der Waals surface area contributed by atoms with Crippen molar-refractivity contribution in [3.8, 4) is 10.8 Å². The fourth-order valence-corrected chi connectivity index (χ4v) is 2.96. The van der Waals surface area contributed by atoms with Gasteiger partial charge < -0.3 is 4.42 Å². The highest BCUT2D eigenvalue weighted by molar-refractivity contribution is 7.13. The molecular weight excluding hydrogens is 350 g/mol. The average Bonchev–Trinajstić information content (AvgIpc) is 3.24. The first-order chi connectivity index (χ1) is 11.6. The smallest absolute Gasteiger partial charge is 0.271 e. The van der Waals surface area contributed by atoms with Gasteiger partial charge in [-0.3, -0.25) is 20.4 Å². The van der Waals surface area contributed by atoms with Crippen LogP contribution in [-0.2, 0) is 11.2 Å². The van der Waals surface area contributed by atoms with Gasteiger partial charge in [-0.25, -0.2) is 4.98 Å². The van der Waals surface area contributed by atoms with Crippen molar-refractivity contribution in [3.05, 3.63) is 64.3 Å². The molecular formula is C16H12ClN3O3S. The number of benzene rings is 1. The average molecular weight is 362 g/mol. The summed E-state index contributed by atoms with van der Waals surface area (Å²) in [5.74, 6) is -0.214. The molecule has 0 bridgehead atoms. The van der Waals surface area contributed by atoms with Gasteiger partial charge in [0.2, 0.25) is 5.91 Å². The van der Waals surface area contributed by atoms with Gasteiger partial charge in [-0.1, -0.05) is 23.7 Å². The molecule has 0 saturated carbocycles. The number of hydrogen-bond acceptors (Lipinski definition) is 5. The summed E-state index contributed by atoms with van der Waals surface area (Å²) in [6.07, 6.45) is 1.60. The van der Waals surface area contributed by atoms with Gasteiger partial charge in [0, 0.05) is 5.38 Å². The minimum Gasteiger partial charge on any atom is -0.462 e. The zero-order chi connectivity index (χ0) is 16.9. The molecule has 0 saturated heterocycles. The van der Waals surface area contributed by atoms with Crippen LogP contribution < -0.4 is 10.9 Å². The predicted molar refractivity (Wildman–Crippen MR) is 90.6 cm³/mol. The second-order valence-electron chi connectivity index (χ2n) is 4.78. The van der Waals surface area contributed by atoms with Gasteiger partial charge in [-0.15, -0.1) is 11.3 Å². The van der Waals surface area contributed by atoms with Crippen LogP contribution in [0.15, 0.2) is 52.5 Å². The molecule has 0 aliphatic rings. The molecule has 0 atom stereocenters. The number of aromatic nitrogens is 1. The number of amides is 2. The molecule has 8 heteroatoms. The number of thiazole rings is 1. The second kappa shape index (κ2) is 7.29. The minimum absolute atomic E-state index is 0.0417. The molecule has 2 aromatic heterocycles. The normalized spacial score (nSPS) is 10.4. The summed E-state index contributed by atoms with van der Waals surface area (Å²) < 4.78 is 5.25. The van der Waals surface area contributed by atoms with E-state index in [0.29, 0.717) is 21.5 Å². The fraction of sp³-hybridized carbons (Fsp3) is 0.0625. The van der Waals surface area contributed by atoms with E-state index in [1.54, 1.807) is 48.0 Å². The summed E-state index contributed by atoms with van der Waals surface area (Å²) in [6.45, 7) is 0. The zero-order valence-corrected chi connectivity index (χ0v) is 13.9. The van der Waals surface area contributed by atoms with Crippen molar-refractivity contribution in [3.63, 3.8) is 0 Å². The van der Waals surface area contributed by atoms with E-state index >= 15 is 0 Å². The monoisotopic (exact) mass is 361 g/mol. The van der Waals surface area contributed by atoms with Crippen LogP contribution in [0.2, 0.25) is 5.02 Å². The van der Waals surface area contributed by atoms with Crippen LogP contribution in [0.1, 0.15) is 16.1 Å². The number of carbonyl (C=O) groups is 2. The van der Waals surface area contributed by atoms with E-state index in [-0.39, 0.29) is 17.9 Å². The summed E-state index contributed by atoms with van der Waals surface area (Å²) in [6, 6.07) is 10.1. The van der Waals surface area contributed by atoms with Crippen LogP contribution >= 0.6 is 22.9 Å². The number of rotatable bonds is 4. The number of nitrogens with one attached hydrogen (secondary N) is 2. The maximum Gasteiger partial charge on any atom is 0.271 e. The van der Waals surface area contributed by atoms with Crippen molar-refractivity contribution >= 4 is 34.8 Å². The van der Waals surface area contributed by atoms with Gasteiger partial charge in [-0.2, -0.15) is 0 Å². The highest BCUT2D eigenvalue weighted by atomic mass is 35.5. The van der Waals surface area contributed by atoms with E-state index in [1.165, 1.54) is 11.3 Å². The quantitative estimate of drug-likeness (QED) is 0.699. The summed E-state index contributed by atoms with van der Waals surface area (Å²) in [4.78, 5) is 28.2. The molecule has 2 amide bonds. The molecule has 3 aromatic rings. The lowest BCUT2D eigenvalue weighted by Gasteiger charge is -2.07. The van der Waals surface area contributed by atoms with E-state index in [9.17, 15) is 9.59 Å². The molecule has 3 rings (SSSR count). The molecule has 6 nitrogen and oxygen atoms in total. The van der Waals surface area contributed by atoms with Gasteiger partial charge in [-0.05, 0) is 24.3 Å². The number of hydrazine groups is 1. The van der Waals surface area contributed by atoms with E-state index in [1.807, 2.05) is 0 Å². The SMILES string of the molecule is O=C(Cc1csc(-c2ccco2)n1)NNC(=O)c1ccccc1Cl. The first kappa shape index (κ1) is 16.2. The highest BCUT2D eigenvalue weighted by Crippen LogP contribution is 2.24. The van der Waals surface area contributed by atoms with Gasteiger partial charge in [0.15, 0.2) is 10.8 Å². The molecule has 122 valence electrons. The Morgan fingerprint density at radius 2 is 2.00 bits per heavy atom. The van der Waals surface area contributed by atoms with Crippen molar-refractivity contribution < 1.29 is 14.0 Å². The number of nitrogens with zero attached hydrogens (tertiary/aromatic N) is 1. The Labute approximate surface area is 146 Å². The van der Waals surface area contributed by atoms with Gasteiger partial charge in [0.25, 0.3) is 5.91 Å². The minimum atomic E-state index is -0.483. The fourth-order valence-electron chi connectivity index (χ4n) is 1.95. The van der Waals surface area contributed by atoms with Crippen LogP contribution in [0.4, 0.5) is 0 Å². The Balaban J connectivity index is 1.55. The molecule has 0 radical (unpaired) electrons. The van der Waals surface area contributed by atoms with Crippen LogP contribution in [0, 0.1) is 0 Å². The number of carbonyl (C=O) groups excluding carboxylic acids is 2. The topological polar surface area (TPSA) is 84.2 Å². The zero-order valence-electron chi connectivity index (χ0n) is 12.3. The molecule has 0 aliphatic carbocycles. The third-order valence-corrected chi connectivity index (χ3v) is 4.29. The van der Waals surface area contributed by atoms with Crippen LogP contribution in [0.5, 0.6) is 0 Å². The largest absolute Gasteiger partial charge is 0.462 e. The lowest BCUT2D eigenvalue weighted by Crippen LogP contribution is -2.42. The molecule has 2 heterocycles. The van der Waals surface area contributed by atoms with Crippen molar-refractivity contribution in [1.29, 1.82) is 0 Å². The first-order valence-corrected chi connectivity index (χ1v) is 8.21. The molecule has 0 aliphatic heterocycles. The highest BCUT2D eigenvalue weighted by Gasteiger charge is 2.13. The predicted octanol–water partition coefficient (Wildman–Crippen LogP) is 3.06. The van der Waals surface area contributed by atoms with Gasteiger partial charge >= 0.3 is 0 Å². The van der Waals surface area contributed by atoms with E-state index < -0.39 is 5.91 Å². The summed E-state index contributed by atoms with van der Waals surface area (Å²) in [5.41, 5.74) is 5.55. The third kappa shape index (κ3) is 3.81. The van der Waals surface area contributed by atoms with Gasteiger partial charge in [0.1, 0.15) is 0 Å². The standard InChI is InChI=1S/C16H12ClN3O3S/c17-12-5-2-1-4-11(12)15(22)20-19-14(21)8-10-9-24-16(18-10)13-6-3-7-23-13/h1-7,9H,8H2,(H,19,21)(H,20,22). The summed E-state index contributed by atoms with van der Waals surface area (Å²) >= 11 is 7.31. The Hall–Kier alpha value is -2.64. The Morgan fingerprint density at radius 1 is 1.17 bits per heavy atom. The van der Waals surface area contributed by atoms with Crippen molar-refractivity contribution in [2.24, 2.45) is 0 Å². The van der Waals surface area contributed by atoms with Gasteiger partial charge in [0.05, 0.1) is 29.0 Å². The molecule has 0 spiro atoms. The Bertz CT molecular complexity index is 861. The summed E-state index contributed by atoms with van der Waals surface area (Å²) in [7, 11) is 0. The van der Waals surface area contributed by atoms with Crippen LogP contribution in [0.25, 0.3) is 10.8 Å². The maximum absolute atomic E-state index is 11.9. The Morgan fingerprint density at radius 3 is 2.75 bits per heavy atom. The third-order valence-electron chi connectivity index (χ3n) is 3.06. The maximum atomic E-state index is 11.9. The molecule has 2 N–H and O–H groups in total. The molecule has 24 heavy (non-hydrogen) atoms. The second-order valence-corrected chi connectivity index (χ2v) is 6.05.